The molecule has 3 aromatic rings. The topological polar surface area (TPSA) is 16.1 Å². The van der Waals surface area contributed by atoms with Crippen LogP contribution in [0.25, 0.3) is 0 Å². The average Bonchev–Trinajstić information content (AvgIpc) is 2.67. The first-order valence-corrected chi connectivity index (χ1v) is 13.1. The fourth-order valence-electron chi connectivity index (χ4n) is 4.16. The van der Waals surface area contributed by atoms with Crippen LogP contribution in [0.4, 0.5) is 17.1 Å². The summed E-state index contributed by atoms with van der Waals surface area (Å²) in [6.45, 7) is 13.8. The van der Waals surface area contributed by atoms with Crippen molar-refractivity contribution >= 4 is 27.1 Å². The SMILES string of the molecule is CC(C)(C)c1ccc2c(c1)S(C)(C)c1cc(C(C)(C)C)ccc1N2c1cccnc1. The molecule has 0 unspecified atom stereocenters. The fraction of sp³-hybridized carbons (Fsp3) is 0.370. The highest BCUT2D eigenvalue weighted by molar-refractivity contribution is 8.33. The highest BCUT2D eigenvalue weighted by atomic mass is 32.3. The van der Waals surface area contributed by atoms with Gasteiger partial charge in [0.25, 0.3) is 0 Å². The van der Waals surface area contributed by atoms with E-state index in [-0.39, 0.29) is 10.8 Å². The van der Waals surface area contributed by atoms with Gasteiger partial charge in [0.2, 0.25) is 0 Å². The summed E-state index contributed by atoms with van der Waals surface area (Å²) >= 11 is 0. The number of anilines is 3. The van der Waals surface area contributed by atoms with Gasteiger partial charge in [-0.1, -0.05) is 53.7 Å². The van der Waals surface area contributed by atoms with Gasteiger partial charge in [0.1, 0.15) is 0 Å². The third-order valence-corrected chi connectivity index (χ3v) is 8.99. The zero-order chi connectivity index (χ0) is 21.9. The van der Waals surface area contributed by atoms with E-state index in [1.165, 1.54) is 32.3 Å². The quantitative estimate of drug-likeness (QED) is 0.399. The maximum Gasteiger partial charge on any atom is 0.0645 e. The molecule has 0 amide bonds. The Labute approximate surface area is 183 Å². The molecule has 4 rings (SSSR count). The second kappa shape index (κ2) is 6.88. The van der Waals surface area contributed by atoms with Gasteiger partial charge in [-0.3, -0.25) is 4.98 Å². The van der Waals surface area contributed by atoms with Gasteiger partial charge in [0, 0.05) is 16.0 Å². The van der Waals surface area contributed by atoms with Crippen molar-refractivity contribution in [3.05, 3.63) is 72.1 Å². The van der Waals surface area contributed by atoms with Crippen LogP contribution < -0.4 is 4.90 Å². The van der Waals surface area contributed by atoms with Crippen molar-refractivity contribution in [1.82, 2.24) is 4.98 Å². The first-order chi connectivity index (χ1) is 13.9. The lowest BCUT2D eigenvalue weighted by Crippen LogP contribution is -2.22. The van der Waals surface area contributed by atoms with Crippen molar-refractivity contribution in [2.24, 2.45) is 0 Å². The molecule has 158 valence electrons. The minimum absolute atomic E-state index is 0.122. The first kappa shape index (κ1) is 21.0. The summed E-state index contributed by atoms with van der Waals surface area (Å²) in [5.74, 6) is 0. The lowest BCUT2D eigenvalue weighted by Gasteiger charge is -2.46. The Hall–Kier alpha value is -2.26. The summed E-state index contributed by atoms with van der Waals surface area (Å²) in [4.78, 5) is 9.73. The largest absolute Gasteiger partial charge is 0.307 e. The molecule has 0 aliphatic carbocycles. The van der Waals surface area contributed by atoms with Gasteiger partial charge in [-0.25, -0.2) is 0 Å². The van der Waals surface area contributed by atoms with Crippen molar-refractivity contribution < 1.29 is 0 Å². The maximum absolute atomic E-state index is 4.42. The average molecular weight is 419 g/mol. The summed E-state index contributed by atoms with van der Waals surface area (Å²) in [5.41, 5.74) is 6.71. The van der Waals surface area contributed by atoms with E-state index in [0.29, 0.717) is 0 Å². The third kappa shape index (κ3) is 3.43. The van der Waals surface area contributed by atoms with E-state index in [4.69, 9.17) is 0 Å². The lowest BCUT2D eigenvalue weighted by atomic mass is 9.86. The van der Waals surface area contributed by atoms with E-state index < -0.39 is 10.0 Å². The molecule has 1 aliphatic rings. The van der Waals surface area contributed by atoms with Crippen LogP contribution in [-0.4, -0.2) is 17.5 Å². The summed E-state index contributed by atoms with van der Waals surface area (Å²) < 4.78 is 0. The van der Waals surface area contributed by atoms with Gasteiger partial charge in [-0.15, -0.1) is 0 Å². The number of rotatable bonds is 1. The van der Waals surface area contributed by atoms with E-state index in [1.807, 2.05) is 18.5 Å². The Morgan fingerprint density at radius 3 is 1.63 bits per heavy atom. The standard InChI is InChI=1S/C27H34N2S/c1-26(2,3)19-11-13-22-24(16-19)30(7,8)25-17-20(27(4,5)6)12-14-23(25)29(22)21-10-9-15-28-18-21/h9-18H,1-8H3. The molecule has 2 nitrogen and oxygen atoms in total. The number of pyridine rings is 1. The summed E-state index contributed by atoms with van der Waals surface area (Å²) in [6, 6.07) is 18.3. The molecule has 0 fully saturated rings. The highest BCUT2D eigenvalue weighted by Gasteiger charge is 2.35. The third-order valence-electron chi connectivity index (χ3n) is 6.14. The molecule has 0 N–H and O–H groups in total. The predicted molar refractivity (Wildman–Crippen MR) is 132 cm³/mol. The van der Waals surface area contributed by atoms with Crippen LogP contribution in [0.5, 0.6) is 0 Å². The second-order valence-corrected chi connectivity index (χ2v) is 14.3. The van der Waals surface area contributed by atoms with Crippen LogP contribution in [0.15, 0.2) is 70.7 Å². The maximum atomic E-state index is 4.42. The number of aromatic nitrogens is 1. The number of benzene rings is 2. The molecule has 0 bridgehead atoms. The van der Waals surface area contributed by atoms with Crippen molar-refractivity contribution in [3.8, 4) is 0 Å². The molecular formula is C27H34N2S. The first-order valence-electron chi connectivity index (χ1n) is 10.6. The van der Waals surface area contributed by atoms with Crippen molar-refractivity contribution in [1.29, 1.82) is 0 Å². The van der Waals surface area contributed by atoms with Crippen molar-refractivity contribution in [3.63, 3.8) is 0 Å². The number of nitrogens with zero attached hydrogens (tertiary/aromatic N) is 2. The zero-order valence-electron chi connectivity index (χ0n) is 19.6. The zero-order valence-corrected chi connectivity index (χ0v) is 20.4. The van der Waals surface area contributed by atoms with Crippen LogP contribution in [0, 0.1) is 0 Å². The monoisotopic (exact) mass is 418 g/mol. The molecule has 0 saturated carbocycles. The number of hydrogen-bond donors (Lipinski definition) is 0. The summed E-state index contributed by atoms with van der Waals surface area (Å²) in [7, 11) is -1.17. The fourth-order valence-corrected chi connectivity index (χ4v) is 6.61. The number of hydrogen-bond acceptors (Lipinski definition) is 2. The van der Waals surface area contributed by atoms with Crippen LogP contribution in [0.1, 0.15) is 52.7 Å². The van der Waals surface area contributed by atoms with Crippen LogP contribution >= 0.6 is 10.0 Å². The Morgan fingerprint density at radius 1 is 0.733 bits per heavy atom. The van der Waals surface area contributed by atoms with Crippen molar-refractivity contribution in [2.75, 3.05) is 17.4 Å². The van der Waals surface area contributed by atoms with Gasteiger partial charge in [-0.2, -0.15) is 10.0 Å². The number of fused-ring (bicyclic) bond motifs is 2. The van der Waals surface area contributed by atoms with Gasteiger partial charge < -0.3 is 4.90 Å². The Morgan fingerprint density at radius 2 is 1.23 bits per heavy atom. The van der Waals surface area contributed by atoms with Crippen molar-refractivity contribution in [2.45, 2.75) is 62.2 Å². The second-order valence-electron chi connectivity index (χ2n) is 10.7. The lowest BCUT2D eigenvalue weighted by molar-refractivity contribution is 0.588. The van der Waals surface area contributed by atoms with Gasteiger partial charge in [0.15, 0.2) is 0 Å². The Bertz CT molecular complexity index is 1020. The van der Waals surface area contributed by atoms with E-state index in [0.717, 1.165) is 5.69 Å². The molecule has 2 aromatic carbocycles. The van der Waals surface area contributed by atoms with Crippen LogP contribution in [-0.2, 0) is 10.8 Å². The molecule has 0 atom stereocenters. The molecule has 30 heavy (non-hydrogen) atoms. The van der Waals surface area contributed by atoms with E-state index >= 15 is 0 Å². The molecule has 1 aromatic heterocycles. The molecule has 1 aliphatic heterocycles. The van der Waals surface area contributed by atoms with E-state index in [1.54, 1.807) is 0 Å². The molecule has 0 saturated heterocycles. The predicted octanol–water partition coefficient (Wildman–Crippen LogP) is 7.94. The Balaban J connectivity index is 2.03. The highest BCUT2D eigenvalue weighted by Crippen LogP contribution is 2.68. The minimum Gasteiger partial charge on any atom is -0.307 e. The van der Waals surface area contributed by atoms with Crippen LogP contribution in [0.2, 0.25) is 0 Å². The van der Waals surface area contributed by atoms with Gasteiger partial charge >= 0.3 is 0 Å². The van der Waals surface area contributed by atoms with E-state index in [2.05, 4.69) is 106 Å². The Kier molecular flexibility index (Phi) is 4.81. The molecule has 0 radical (unpaired) electrons. The summed E-state index contributed by atoms with van der Waals surface area (Å²) in [5, 5.41) is 0. The van der Waals surface area contributed by atoms with Gasteiger partial charge in [-0.05, 0) is 70.9 Å². The van der Waals surface area contributed by atoms with Gasteiger partial charge in [0.05, 0.1) is 23.3 Å². The molecule has 2 heterocycles. The normalized spacial score (nSPS) is 16.6. The molecular weight excluding hydrogens is 384 g/mol. The molecule has 0 spiro atoms. The van der Waals surface area contributed by atoms with E-state index in [9.17, 15) is 0 Å². The van der Waals surface area contributed by atoms with Crippen LogP contribution in [0.3, 0.4) is 0 Å². The minimum atomic E-state index is -1.17. The smallest absolute Gasteiger partial charge is 0.0645 e. The summed E-state index contributed by atoms with van der Waals surface area (Å²) in [6.07, 6.45) is 8.71. The molecule has 3 heteroatoms.